The number of benzene rings is 1. The number of rotatable bonds is 9. The molecule has 0 bridgehead atoms. The van der Waals surface area contributed by atoms with Gasteiger partial charge in [0.15, 0.2) is 0 Å². The molecule has 1 fully saturated rings. The molecule has 1 aromatic carbocycles. The lowest BCUT2D eigenvalue weighted by Crippen LogP contribution is -2.33. The van der Waals surface area contributed by atoms with Gasteiger partial charge in [0.25, 0.3) is 0 Å². The molecule has 4 heteroatoms. The molecule has 2 rings (SSSR count). The summed E-state index contributed by atoms with van der Waals surface area (Å²) >= 11 is 1.85. The van der Waals surface area contributed by atoms with Gasteiger partial charge in [0.05, 0.1) is 12.1 Å². The van der Waals surface area contributed by atoms with Crippen molar-refractivity contribution >= 4 is 17.7 Å². The van der Waals surface area contributed by atoms with Crippen LogP contribution in [0.15, 0.2) is 42.5 Å². The Kier molecular flexibility index (Phi) is 7.69. The molecule has 0 radical (unpaired) electrons. The van der Waals surface area contributed by atoms with E-state index in [9.17, 15) is 9.90 Å². The molecule has 1 aliphatic heterocycles. The largest absolute Gasteiger partial charge is 0.389 e. The molecule has 1 aromatic rings. The van der Waals surface area contributed by atoms with Crippen LogP contribution in [0.5, 0.6) is 0 Å². The topological polar surface area (TPSA) is 40.5 Å². The number of unbranched alkanes of at least 4 members (excludes halogenated alkanes) is 1. The zero-order chi connectivity index (χ0) is 16.5. The Balaban J connectivity index is 1.83. The number of nitrogens with zero attached hydrogens (tertiary/aromatic N) is 1. The summed E-state index contributed by atoms with van der Waals surface area (Å²) in [7, 11) is 0. The minimum atomic E-state index is -0.494. The first-order chi connectivity index (χ1) is 11.2. The van der Waals surface area contributed by atoms with Crippen LogP contribution in [0.1, 0.15) is 31.2 Å². The molecule has 0 saturated carbocycles. The predicted molar refractivity (Wildman–Crippen MR) is 97.6 cm³/mol. The zero-order valence-corrected chi connectivity index (χ0v) is 14.7. The van der Waals surface area contributed by atoms with Crippen molar-refractivity contribution in [2.75, 3.05) is 18.6 Å². The SMILES string of the molecule is CSCCCCN1C(=O)CC[C@@H]1C=CC(O)Cc1ccccc1. The van der Waals surface area contributed by atoms with Crippen LogP contribution in [0, 0.1) is 0 Å². The molecule has 0 aromatic heterocycles. The maximum Gasteiger partial charge on any atom is 0.223 e. The van der Waals surface area contributed by atoms with Gasteiger partial charge in [-0.15, -0.1) is 0 Å². The van der Waals surface area contributed by atoms with Gasteiger partial charge in [-0.3, -0.25) is 4.79 Å². The molecular weight excluding hydrogens is 306 g/mol. The van der Waals surface area contributed by atoms with E-state index in [1.807, 2.05) is 59.1 Å². The van der Waals surface area contributed by atoms with Gasteiger partial charge in [0.1, 0.15) is 0 Å². The van der Waals surface area contributed by atoms with Crippen LogP contribution in [0.3, 0.4) is 0 Å². The standard InChI is InChI=1S/C19H27NO2S/c1-23-14-6-5-13-20-17(10-12-19(20)22)9-11-18(21)15-16-7-3-2-4-8-16/h2-4,7-9,11,17-18,21H,5-6,10,12-15H2,1H3/t17-,18?/m0/s1. The lowest BCUT2D eigenvalue weighted by Gasteiger charge is -2.22. The van der Waals surface area contributed by atoms with E-state index in [0.29, 0.717) is 12.8 Å². The Hall–Kier alpha value is -1.26. The Morgan fingerprint density at radius 3 is 2.87 bits per heavy atom. The van der Waals surface area contributed by atoms with Gasteiger partial charge in [-0.25, -0.2) is 0 Å². The number of aliphatic hydroxyl groups is 1. The molecule has 1 aliphatic rings. The van der Waals surface area contributed by atoms with Crippen LogP contribution in [0.4, 0.5) is 0 Å². The molecule has 23 heavy (non-hydrogen) atoms. The van der Waals surface area contributed by atoms with Crippen molar-refractivity contribution in [3.8, 4) is 0 Å². The second-order valence-electron chi connectivity index (χ2n) is 6.04. The van der Waals surface area contributed by atoms with Crippen molar-refractivity contribution in [1.29, 1.82) is 0 Å². The van der Waals surface area contributed by atoms with Gasteiger partial charge in [0.2, 0.25) is 5.91 Å². The van der Waals surface area contributed by atoms with Crippen molar-refractivity contribution < 1.29 is 9.90 Å². The number of thioether (sulfide) groups is 1. The minimum absolute atomic E-state index is 0.155. The normalized spacial score (nSPS) is 19.7. The average molecular weight is 333 g/mol. The van der Waals surface area contributed by atoms with Gasteiger partial charge >= 0.3 is 0 Å². The summed E-state index contributed by atoms with van der Waals surface area (Å²) in [5.74, 6) is 1.40. The Morgan fingerprint density at radius 1 is 1.35 bits per heavy atom. The van der Waals surface area contributed by atoms with Crippen LogP contribution in [0.25, 0.3) is 0 Å². The van der Waals surface area contributed by atoms with Crippen LogP contribution >= 0.6 is 11.8 Å². The molecule has 1 heterocycles. The summed E-state index contributed by atoms with van der Waals surface area (Å²) in [5, 5.41) is 10.2. The van der Waals surface area contributed by atoms with Crippen molar-refractivity contribution in [1.82, 2.24) is 4.90 Å². The smallest absolute Gasteiger partial charge is 0.223 e. The van der Waals surface area contributed by atoms with Crippen LogP contribution < -0.4 is 0 Å². The van der Waals surface area contributed by atoms with Gasteiger partial charge in [0, 0.05) is 19.4 Å². The van der Waals surface area contributed by atoms with E-state index in [0.717, 1.165) is 37.1 Å². The molecule has 0 aliphatic carbocycles. The van der Waals surface area contributed by atoms with E-state index < -0.39 is 6.10 Å². The molecule has 126 valence electrons. The third-order valence-corrected chi connectivity index (χ3v) is 4.91. The fourth-order valence-electron chi connectivity index (χ4n) is 2.96. The highest BCUT2D eigenvalue weighted by Gasteiger charge is 2.28. The average Bonchev–Trinajstić information content (AvgIpc) is 2.91. The molecule has 3 nitrogen and oxygen atoms in total. The molecule has 1 amide bonds. The quantitative estimate of drug-likeness (QED) is 0.557. The summed E-state index contributed by atoms with van der Waals surface area (Å²) in [5.41, 5.74) is 1.13. The summed E-state index contributed by atoms with van der Waals surface area (Å²) in [6.45, 7) is 0.836. The van der Waals surface area contributed by atoms with Crippen LogP contribution in [-0.4, -0.2) is 46.6 Å². The van der Waals surface area contributed by atoms with E-state index in [2.05, 4.69) is 6.26 Å². The van der Waals surface area contributed by atoms with Gasteiger partial charge in [-0.05, 0) is 36.8 Å². The van der Waals surface area contributed by atoms with Crippen LogP contribution in [-0.2, 0) is 11.2 Å². The van der Waals surface area contributed by atoms with Crippen molar-refractivity contribution in [3.05, 3.63) is 48.0 Å². The van der Waals surface area contributed by atoms with E-state index in [1.165, 1.54) is 0 Å². The number of hydrogen-bond donors (Lipinski definition) is 1. The van der Waals surface area contributed by atoms with Crippen LogP contribution in [0.2, 0.25) is 0 Å². The van der Waals surface area contributed by atoms with Gasteiger partial charge in [-0.2, -0.15) is 11.8 Å². The van der Waals surface area contributed by atoms with E-state index in [-0.39, 0.29) is 11.9 Å². The summed E-state index contributed by atoms with van der Waals surface area (Å²) < 4.78 is 0. The zero-order valence-electron chi connectivity index (χ0n) is 13.9. The first kappa shape index (κ1) is 18.1. The van der Waals surface area contributed by atoms with Crippen molar-refractivity contribution in [3.63, 3.8) is 0 Å². The lowest BCUT2D eigenvalue weighted by molar-refractivity contribution is -0.128. The van der Waals surface area contributed by atoms with Gasteiger partial charge < -0.3 is 10.0 Å². The summed E-state index contributed by atoms with van der Waals surface area (Å²) in [6.07, 6.45) is 9.82. The monoisotopic (exact) mass is 333 g/mol. The highest BCUT2D eigenvalue weighted by molar-refractivity contribution is 7.98. The molecule has 1 saturated heterocycles. The van der Waals surface area contributed by atoms with Crippen molar-refractivity contribution in [2.45, 2.75) is 44.2 Å². The maximum atomic E-state index is 12.0. The number of carbonyl (C=O) groups is 1. The first-order valence-corrected chi connectivity index (χ1v) is 9.79. The number of likely N-dealkylation sites (tertiary alicyclic amines) is 1. The maximum absolute atomic E-state index is 12.0. The molecule has 2 atom stereocenters. The second-order valence-corrected chi connectivity index (χ2v) is 7.02. The Bertz CT molecular complexity index is 503. The molecule has 1 N–H and O–H groups in total. The van der Waals surface area contributed by atoms with E-state index in [4.69, 9.17) is 0 Å². The Labute approximate surface area is 143 Å². The molecule has 1 unspecified atom stereocenters. The Morgan fingerprint density at radius 2 is 2.13 bits per heavy atom. The minimum Gasteiger partial charge on any atom is -0.389 e. The number of hydrogen-bond acceptors (Lipinski definition) is 3. The lowest BCUT2D eigenvalue weighted by atomic mass is 10.1. The first-order valence-electron chi connectivity index (χ1n) is 8.39. The van der Waals surface area contributed by atoms with E-state index >= 15 is 0 Å². The van der Waals surface area contributed by atoms with E-state index in [1.54, 1.807) is 0 Å². The fraction of sp³-hybridized carbons (Fsp3) is 0.526. The third-order valence-electron chi connectivity index (χ3n) is 4.22. The third kappa shape index (κ3) is 6.04. The predicted octanol–water partition coefficient (Wildman–Crippen LogP) is 3.28. The highest BCUT2D eigenvalue weighted by atomic mass is 32.2. The number of amides is 1. The summed E-state index contributed by atoms with van der Waals surface area (Å²) in [4.78, 5) is 14.0. The molecular formula is C19H27NO2S. The fourth-order valence-corrected chi connectivity index (χ4v) is 3.45. The number of aliphatic hydroxyl groups excluding tert-OH is 1. The van der Waals surface area contributed by atoms with Crippen molar-refractivity contribution in [2.24, 2.45) is 0 Å². The van der Waals surface area contributed by atoms with Gasteiger partial charge in [-0.1, -0.05) is 42.5 Å². The second kappa shape index (κ2) is 9.78. The highest BCUT2D eigenvalue weighted by Crippen LogP contribution is 2.21. The number of carbonyl (C=O) groups excluding carboxylic acids is 1. The molecule has 0 spiro atoms. The summed E-state index contributed by atoms with van der Waals surface area (Å²) in [6, 6.07) is 10.1.